The van der Waals surface area contributed by atoms with Crippen molar-refractivity contribution >= 4 is 69.6 Å². The third-order valence-electron chi connectivity index (χ3n) is 5.00. The number of rotatable bonds is 5. The lowest BCUT2D eigenvalue weighted by Gasteiger charge is -2.17. The number of hydrogen-bond donors (Lipinski definition) is 2. The van der Waals surface area contributed by atoms with E-state index in [0.717, 1.165) is 10.5 Å². The first-order valence-electron chi connectivity index (χ1n) is 9.74. The number of anilines is 3. The average molecular weight is 501 g/mol. The first kappa shape index (κ1) is 22.9. The van der Waals surface area contributed by atoms with Crippen LogP contribution in [0.15, 0.2) is 77.5 Å². The Hall–Kier alpha value is -3.32. The molecule has 3 aromatic carbocycles. The van der Waals surface area contributed by atoms with Crippen molar-refractivity contribution in [2.75, 3.05) is 15.5 Å². The molecular weight excluding hydrogens is 485 g/mol. The van der Waals surface area contributed by atoms with Crippen molar-refractivity contribution in [1.82, 2.24) is 0 Å². The molecule has 33 heavy (non-hydrogen) atoms. The van der Waals surface area contributed by atoms with E-state index in [-0.39, 0.29) is 21.7 Å². The Balaban J connectivity index is 1.50. The summed E-state index contributed by atoms with van der Waals surface area (Å²) in [6, 6.07) is 18.3. The number of benzene rings is 3. The van der Waals surface area contributed by atoms with E-state index in [1.807, 2.05) is 6.07 Å². The highest BCUT2D eigenvalue weighted by atomic mass is 35.5. The SMILES string of the molecule is Cc1ccccc1N1C(=O)C(Cl)=C(Nc2ccc(C(=O)Nc3cccc(Cl)c3Cl)cc2)C1=O. The lowest BCUT2D eigenvalue weighted by molar-refractivity contribution is -0.120. The number of nitrogens with zero attached hydrogens (tertiary/aromatic N) is 1. The Morgan fingerprint density at radius 3 is 2.24 bits per heavy atom. The molecule has 3 amide bonds. The predicted molar refractivity (Wildman–Crippen MR) is 131 cm³/mol. The summed E-state index contributed by atoms with van der Waals surface area (Å²) < 4.78 is 0. The fraction of sp³-hybridized carbons (Fsp3) is 0.0417. The summed E-state index contributed by atoms with van der Waals surface area (Å²) in [7, 11) is 0. The topological polar surface area (TPSA) is 78.5 Å². The minimum Gasteiger partial charge on any atom is -0.350 e. The van der Waals surface area contributed by atoms with Crippen LogP contribution in [0.2, 0.25) is 10.0 Å². The van der Waals surface area contributed by atoms with Crippen LogP contribution in [0.3, 0.4) is 0 Å². The van der Waals surface area contributed by atoms with E-state index in [1.54, 1.807) is 67.6 Å². The second kappa shape index (κ2) is 9.27. The van der Waals surface area contributed by atoms with Crippen LogP contribution in [0.1, 0.15) is 15.9 Å². The highest BCUT2D eigenvalue weighted by molar-refractivity contribution is 6.53. The number of imide groups is 1. The Morgan fingerprint density at radius 2 is 1.55 bits per heavy atom. The van der Waals surface area contributed by atoms with Crippen molar-refractivity contribution in [1.29, 1.82) is 0 Å². The molecule has 0 saturated heterocycles. The molecule has 3 aromatic rings. The Kier molecular flexibility index (Phi) is 6.42. The molecule has 0 bridgehead atoms. The van der Waals surface area contributed by atoms with E-state index in [2.05, 4.69) is 10.6 Å². The van der Waals surface area contributed by atoms with Crippen LogP contribution in [0, 0.1) is 6.92 Å². The zero-order valence-corrected chi connectivity index (χ0v) is 19.4. The smallest absolute Gasteiger partial charge is 0.283 e. The zero-order chi connectivity index (χ0) is 23.7. The molecule has 9 heteroatoms. The van der Waals surface area contributed by atoms with E-state index < -0.39 is 11.8 Å². The molecule has 166 valence electrons. The summed E-state index contributed by atoms with van der Waals surface area (Å²) in [5.41, 5.74) is 2.42. The summed E-state index contributed by atoms with van der Waals surface area (Å²) in [5.74, 6) is -1.55. The lowest BCUT2D eigenvalue weighted by atomic mass is 10.1. The van der Waals surface area contributed by atoms with Crippen molar-refractivity contribution in [2.24, 2.45) is 0 Å². The molecule has 0 spiro atoms. The first-order valence-corrected chi connectivity index (χ1v) is 10.9. The van der Waals surface area contributed by atoms with Gasteiger partial charge in [0.2, 0.25) is 0 Å². The standard InChI is InChI=1S/C24H16Cl3N3O3/c1-13-5-2-3-8-18(13)30-23(32)20(27)21(24(30)33)28-15-11-9-14(10-12-15)22(31)29-17-7-4-6-16(25)19(17)26/h2-12,28H,1H3,(H,29,31). The van der Waals surface area contributed by atoms with Gasteiger partial charge in [0.1, 0.15) is 10.7 Å². The maximum Gasteiger partial charge on any atom is 0.283 e. The maximum atomic E-state index is 12.9. The highest BCUT2D eigenvalue weighted by Crippen LogP contribution is 2.32. The van der Waals surface area contributed by atoms with Crippen LogP contribution < -0.4 is 15.5 Å². The molecule has 0 aliphatic carbocycles. The van der Waals surface area contributed by atoms with Gasteiger partial charge < -0.3 is 10.6 Å². The minimum atomic E-state index is -0.604. The number of carbonyl (C=O) groups is 3. The van der Waals surface area contributed by atoms with E-state index in [4.69, 9.17) is 34.8 Å². The molecular formula is C24H16Cl3N3O3. The molecule has 0 saturated carbocycles. The highest BCUT2D eigenvalue weighted by Gasteiger charge is 2.39. The van der Waals surface area contributed by atoms with Crippen molar-refractivity contribution in [3.05, 3.63) is 98.6 Å². The van der Waals surface area contributed by atoms with Gasteiger partial charge in [0.25, 0.3) is 17.7 Å². The average Bonchev–Trinajstić information content (AvgIpc) is 3.01. The molecule has 1 aliphatic rings. The third kappa shape index (κ3) is 4.46. The molecule has 0 fully saturated rings. The van der Waals surface area contributed by atoms with Crippen LogP contribution in [-0.4, -0.2) is 17.7 Å². The molecule has 1 heterocycles. The van der Waals surface area contributed by atoms with E-state index in [1.165, 1.54) is 0 Å². The van der Waals surface area contributed by atoms with E-state index in [0.29, 0.717) is 27.6 Å². The molecule has 1 aliphatic heterocycles. The minimum absolute atomic E-state index is 0.0344. The summed E-state index contributed by atoms with van der Waals surface area (Å²) in [6.07, 6.45) is 0. The monoisotopic (exact) mass is 499 g/mol. The predicted octanol–water partition coefficient (Wildman–Crippen LogP) is 5.99. The number of carbonyl (C=O) groups excluding carboxylic acids is 3. The van der Waals surface area contributed by atoms with Gasteiger partial charge in [0, 0.05) is 11.3 Å². The first-order chi connectivity index (χ1) is 15.8. The van der Waals surface area contributed by atoms with Gasteiger partial charge in [-0.15, -0.1) is 0 Å². The van der Waals surface area contributed by atoms with E-state index in [9.17, 15) is 14.4 Å². The Morgan fingerprint density at radius 1 is 0.848 bits per heavy atom. The normalized spacial score (nSPS) is 13.5. The number of hydrogen-bond acceptors (Lipinski definition) is 4. The molecule has 0 radical (unpaired) electrons. The molecule has 6 nitrogen and oxygen atoms in total. The summed E-state index contributed by atoms with van der Waals surface area (Å²) in [5, 5.41) is 5.95. The molecule has 0 unspecified atom stereocenters. The van der Waals surface area contributed by atoms with Gasteiger partial charge in [-0.1, -0.05) is 59.1 Å². The van der Waals surface area contributed by atoms with E-state index >= 15 is 0 Å². The van der Waals surface area contributed by atoms with Crippen LogP contribution in [0.4, 0.5) is 17.1 Å². The van der Waals surface area contributed by atoms with Gasteiger partial charge in [-0.25, -0.2) is 4.90 Å². The third-order valence-corrected chi connectivity index (χ3v) is 6.17. The largest absolute Gasteiger partial charge is 0.350 e. The van der Waals surface area contributed by atoms with Crippen LogP contribution in [0.25, 0.3) is 0 Å². The van der Waals surface area contributed by atoms with Gasteiger partial charge in [-0.05, 0) is 55.0 Å². The Bertz CT molecular complexity index is 1320. The van der Waals surface area contributed by atoms with Gasteiger partial charge in [-0.3, -0.25) is 14.4 Å². The van der Waals surface area contributed by atoms with Crippen LogP contribution in [-0.2, 0) is 9.59 Å². The maximum absolute atomic E-state index is 12.9. The summed E-state index contributed by atoms with van der Waals surface area (Å²) >= 11 is 18.3. The fourth-order valence-electron chi connectivity index (χ4n) is 3.29. The lowest BCUT2D eigenvalue weighted by Crippen LogP contribution is -2.32. The number of halogens is 3. The van der Waals surface area contributed by atoms with Crippen LogP contribution >= 0.6 is 34.8 Å². The quantitative estimate of drug-likeness (QED) is 0.422. The molecule has 0 aromatic heterocycles. The van der Waals surface area contributed by atoms with Crippen molar-refractivity contribution < 1.29 is 14.4 Å². The number of nitrogens with one attached hydrogen (secondary N) is 2. The second-order valence-corrected chi connectivity index (χ2v) is 8.34. The van der Waals surface area contributed by atoms with Crippen molar-refractivity contribution in [3.8, 4) is 0 Å². The van der Waals surface area contributed by atoms with Crippen LogP contribution in [0.5, 0.6) is 0 Å². The van der Waals surface area contributed by atoms with Gasteiger partial charge in [-0.2, -0.15) is 0 Å². The number of para-hydroxylation sites is 1. The zero-order valence-electron chi connectivity index (χ0n) is 17.2. The van der Waals surface area contributed by atoms with Crippen molar-refractivity contribution in [3.63, 3.8) is 0 Å². The van der Waals surface area contributed by atoms with Gasteiger partial charge in [0.05, 0.1) is 21.4 Å². The van der Waals surface area contributed by atoms with Gasteiger partial charge in [0.15, 0.2) is 0 Å². The number of aryl methyl sites for hydroxylation is 1. The summed E-state index contributed by atoms with van der Waals surface area (Å²) in [4.78, 5) is 39.2. The summed E-state index contributed by atoms with van der Waals surface area (Å²) in [6.45, 7) is 1.80. The van der Waals surface area contributed by atoms with Crippen molar-refractivity contribution in [2.45, 2.75) is 6.92 Å². The fourth-order valence-corrected chi connectivity index (χ4v) is 3.85. The molecule has 0 atom stereocenters. The molecule has 4 rings (SSSR count). The van der Waals surface area contributed by atoms with Gasteiger partial charge >= 0.3 is 0 Å². The molecule has 2 N–H and O–H groups in total. The Labute approximate surface area is 204 Å². The number of amides is 3. The second-order valence-electron chi connectivity index (χ2n) is 7.18.